The maximum Gasteiger partial charge on any atom is 0.243 e. The number of hydrogen-bond acceptors (Lipinski definition) is 6. The predicted molar refractivity (Wildman–Crippen MR) is 122 cm³/mol. The predicted octanol–water partition coefficient (Wildman–Crippen LogP) is 2.63. The van der Waals surface area contributed by atoms with Crippen LogP contribution in [0.25, 0.3) is 10.4 Å². The van der Waals surface area contributed by atoms with E-state index in [0.29, 0.717) is 13.0 Å². The summed E-state index contributed by atoms with van der Waals surface area (Å²) in [5, 5.41) is 12.8. The van der Waals surface area contributed by atoms with Gasteiger partial charge in [-0.15, -0.1) is 11.3 Å². The second-order valence-electron chi connectivity index (χ2n) is 9.17. The van der Waals surface area contributed by atoms with Crippen molar-refractivity contribution in [2.24, 2.45) is 11.1 Å². The van der Waals surface area contributed by atoms with E-state index in [2.05, 4.69) is 10.3 Å². The number of aromatic nitrogens is 1. The number of thiazole rings is 1. The highest BCUT2D eigenvalue weighted by Gasteiger charge is 2.39. The van der Waals surface area contributed by atoms with Crippen molar-refractivity contribution in [3.05, 3.63) is 41.0 Å². The summed E-state index contributed by atoms with van der Waals surface area (Å²) in [7, 11) is 0. The maximum atomic E-state index is 13.0. The summed E-state index contributed by atoms with van der Waals surface area (Å²) in [6, 6.07) is 5.98. The smallest absolute Gasteiger partial charge is 0.243 e. The molecule has 2 amide bonds. The zero-order valence-corrected chi connectivity index (χ0v) is 19.4. The monoisotopic (exact) mass is 444 g/mol. The van der Waals surface area contributed by atoms with Gasteiger partial charge in [0.1, 0.15) is 6.04 Å². The first kappa shape index (κ1) is 23.4. The number of aryl methyl sites for hydroxylation is 1. The summed E-state index contributed by atoms with van der Waals surface area (Å²) in [6.45, 7) is 8.01. The van der Waals surface area contributed by atoms with Crippen molar-refractivity contribution in [1.29, 1.82) is 0 Å². The molecule has 0 spiro atoms. The molecule has 1 fully saturated rings. The number of nitrogens with two attached hydrogens (primary N) is 1. The number of nitrogens with zero attached hydrogens (tertiary/aromatic N) is 2. The summed E-state index contributed by atoms with van der Waals surface area (Å²) in [6.07, 6.45) is 1.35. The molecule has 0 saturated carbocycles. The Morgan fingerprint density at radius 3 is 2.55 bits per heavy atom. The molecular formula is C23H32N4O3S. The van der Waals surface area contributed by atoms with Gasteiger partial charge in [0.2, 0.25) is 11.8 Å². The van der Waals surface area contributed by atoms with Crippen LogP contribution in [0, 0.1) is 12.3 Å². The number of amides is 2. The summed E-state index contributed by atoms with van der Waals surface area (Å²) in [5.74, 6) is -0.455. The van der Waals surface area contributed by atoms with Gasteiger partial charge in [-0.1, -0.05) is 45.0 Å². The molecule has 3 atom stereocenters. The number of rotatable bonds is 6. The topological polar surface area (TPSA) is 109 Å². The van der Waals surface area contributed by atoms with E-state index in [0.717, 1.165) is 28.1 Å². The van der Waals surface area contributed by atoms with Crippen LogP contribution in [0.1, 0.15) is 50.9 Å². The molecule has 7 nitrogen and oxygen atoms in total. The maximum absolute atomic E-state index is 13.0. The first-order valence-corrected chi connectivity index (χ1v) is 11.5. The van der Waals surface area contributed by atoms with Crippen molar-refractivity contribution >= 4 is 23.2 Å². The van der Waals surface area contributed by atoms with Crippen LogP contribution in [0.15, 0.2) is 29.8 Å². The third kappa shape index (κ3) is 5.14. The molecule has 3 rings (SSSR count). The Hall–Kier alpha value is -2.29. The van der Waals surface area contributed by atoms with E-state index in [-0.39, 0.29) is 23.8 Å². The van der Waals surface area contributed by atoms with Crippen LogP contribution in [0.5, 0.6) is 0 Å². The molecule has 1 aromatic carbocycles. The Bertz CT molecular complexity index is 920. The zero-order chi connectivity index (χ0) is 22.8. The van der Waals surface area contributed by atoms with Crippen molar-refractivity contribution in [1.82, 2.24) is 15.2 Å². The molecule has 31 heavy (non-hydrogen) atoms. The van der Waals surface area contributed by atoms with Crippen LogP contribution in [-0.4, -0.2) is 52.0 Å². The lowest BCUT2D eigenvalue weighted by atomic mass is 9.86. The van der Waals surface area contributed by atoms with Crippen LogP contribution in [0.4, 0.5) is 0 Å². The fourth-order valence-electron chi connectivity index (χ4n) is 3.80. The minimum Gasteiger partial charge on any atom is -0.394 e. The quantitative estimate of drug-likeness (QED) is 0.635. The Morgan fingerprint density at radius 1 is 1.32 bits per heavy atom. The first-order chi connectivity index (χ1) is 14.6. The van der Waals surface area contributed by atoms with Gasteiger partial charge in [0, 0.05) is 6.54 Å². The number of nitrogens with one attached hydrogen (secondary N) is 1. The largest absolute Gasteiger partial charge is 0.394 e. The van der Waals surface area contributed by atoms with Gasteiger partial charge in [0.15, 0.2) is 0 Å². The van der Waals surface area contributed by atoms with E-state index in [1.165, 1.54) is 0 Å². The van der Waals surface area contributed by atoms with Crippen molar-refractivity contribution in [3.63, 3.8) is 0 Å². The van der Waals surface area contributed by atoms with Gasteiger partial charge in [-0.25, -0.2) is 4.98 Å². The van der Waals surface area contributed by atoms with Gasteiger partial charge in [0.05, 0.1) is 34.8 Å². The second kappa shape index (κ2) is 9.46. The molecule has 2 heterocycles. The SMILES string of the molecule is Cc1ncsc1-c1ccc([C@H](CO)NC(=O)[C@@H]2CCCN2C(=O)C(N)C(C)(C)C)cc1. The number of likely N-dealkylation sites (tertiary alicyclic amines) is 1. The van der Waals surface area contributed by atoms with Crippen molar-refractivity contribution in [2.45, 2.75) is 58.7 Å². The van der Waals surface area contributed by atoms with Gasteiger partial charge in [-0.2, -0.15) is 0 Å². The third-order valence-electron chi connectivity index (χ3n) is 5.86. The van der Waals surface area contributed by atoms with Gasteiger partial charge in [0.25, 0.3) is 0 Å². The van der Waals surface area contributed by atoms with Gasteiger partial charge >= 0.3 is 0 Å². The molecule has 0 bridgehead atoms. The van der Waals surface area contributed by atoms with E-state index in [1.807, 2.05) is 57.5 Å². The second-order valence-corrected chi connectivity index (χ2v) is 10.0. The molecule has 1 saturated heterocycles. The molecule has 1 aliphatic rings. The van der Waals surface area contributed by atoms with Crippen LogP contribution in [-0.2, 0) is 9.59 Å². The Balaban J connectivity index is 1.70. The van der Waals surface area contributed by atoms with E-state index in [9.17, 15) is 14.7 Å². The molecule has 1 aliphatic heterocycles. The Morgan fingerprint density at radius 2 is 2.00 bits per heavy atom. The fraction of sp³-hybridized carbons (Fsp3) is 0.522. The Kier molecular flexibility index (Phi) is 7.13. The highest BCUT2D eigenvalue weighted by molar-refractivity contribution is 7.13. The zero-order valence-electron chi connectivity index (χ0n) is 18.6. The average molecular weight is 445 g/mol. The highest BCUT2D eigenvalue weighted by atomic mass is 32.1. The van der Waals surface area contributed by atoms with Gasteiger partial charge in [-0.3, -0.25) is 9.59 Å². The van der Waals surface area contributed by atoms with Crippen molar-refractivity contribution in [3.8, 4) is 10.4 Å². The number of hydrogen-bond donors (Lipinski definition) is 3. The lowest BCUT2D eigenvalue weighted by Gasteiger charge is -2.33. The average Bonchev–Trinajstić information content (AvgIpc) is 3.39. The molecule has 1 unspecified atom stereocenters. The van der Waals surface area contributed by atoms with Crippen molar-refractivity contribution < 1.29 is 14.7 Å². The van der Waals surface area contributed by atoms with Crippen LogP contribution in [0.2, 0.25) is 0 Å². The number of benzene rings is 1. The number of aliphatic hydroxyl groups is 1. The van der Waals surface area contributed by atoms with Crippen molar-refractivity contribution in [2.75, 3.05) is 13.2 Å². The number of aliphatic hydroxyl groups excluding tert-OH is 1. The van der Waals surface area contributed by atoms with Crippen LogP contribution >= 0.6 is 11.3 Å². The number of carbonyl (C=O) groups is 2. The minimum absolute atomic E-state index is 0.199. The van der Waals surface area contributed by atoms with Gasteiger partial charge in [-0.05, 0) is 36.3 Å². The lowest BCUT2D eigenvalue weighted by Crippen LogP contribution is -2.55. The molecule has 8 heteroatoms. The normalized spacial score (nSPS) is 18.6. The fourth-order valence-corrected chi connectivity index (χ4v) is 4.61. The molecular weight excluding hydrogens is 412 g/mol. The summed E-state index contributed by atoms with van der Waals surface area (Å²) >= 11 is 1.58. The molecule has 4 N–H and O–H groups in total. The summed E-state index contributed by atoms with van der Waals surface area (Å²) in [5.41, 5.74) is 10.4. The van der Waals surface area contributed by atoms with Gasteiger partial charge < -0.3 is 21.1 Å². The molecule has 0 aliphatic carbocycles. The van der Waals surface area contributed by atoms with E-state index < -0.39 is 18.1 Å². The molecule has 168 valence electrons. The lowest BCUT2D eigenvalue weighted by molar-refractivity contribution is -0.141. The van der Waals surface area contributed by atoms with E-state index in [4.69, 9.17) is 5.73 Å². The molecule has 1 aromatic heterocycles. The Labute approximate surface area is 187 Å². The number of carbonyl (C=O) groups excluding carboxylic acids is 2. The minimum atomic E-state index is -0.669. The van der Waals surface area contributed by atoms with Crippen LogP contribution < -0.4 is 11.1 Å². The van der Waals surface area contributed by atoms with E-state index in [1.54, 1.807) is 16.2 Å². The first-order valence-electron chi connectivity index (χ1n) is 10.6. The van der Waals surface area contributed by atoms with Crippen LogP contribution in [0.3, 0.4) is 0 Å². The molecule has 0 radical (unpaired) electrons. The summed E-state index contributed by atoms with van der Waals surface area (Å²) < 4.78 is 0. The standard InChI is InChI=1S/C23H32N4O3S/c1-14-19(31-13-25-14)16-9-7-15(8-10-16)17(12-28)26-21(29)18-6-5-11-27(18)22(30)20(24)23(2,3)4/h7-10,13,17-18,20,28H,5-6,11-12,24H2,1-4H3,(H,26,29)/t17-,18-,20?/m0/s1. The highest BCUT2D eigenvalue weighted by Crippen LogP contribution is 2.29. The molecule has 2 aromatic rings. The third-order valence-corrected chi connectivity index (χ3v) is 6.84. The van der Waals surface area contributed by atoms with E-state index >= 15 is 0 Å². The summed E-state index contributed by atoms with van der Waals surface area (Å²) in [4.78, 5) is 32.9.